The van der Waals surface area contributed by atoms with E-state index < -0.39 is 0 Å². The van der Waals surface area contributed by atoms with Gasteiger partial charge in [-0.25, -0.2) is 0 Å². The first-order chi connectivity index (χ1) is 25.3. The molecule has 3 aromatic heterocycles. The van der Waals surface area contributed by atoms with Crippen LogP contribution in [0.2, 0.25) is 0 Å². The average molecular weight is 650 g/mol. The summed E-state index contributed by atoms with van der Waals surface area (Å²) in [6.45, 7) is 0. The highest BCUT2D eigenvalue weighted by Gasteiger charge is 2.19. The zero-order valence-corrected chi connectivity index (χ0v) is 27.7. The van der Waals surface area contributed by atoms with Crippen LogP contribution in [0.15, 0.2) is 188 Å². The van der Waals surface area contributed by atoms with Crippen molar-refractivity contribution in [2.45, 2.75) is 0 Å². The van der Waals surface area contributed by atoms with E-state index in [-0.39, 0.29) is 0 Å². The fraction of sp³-hybridized carbons (Fsp3) is 0. The first-order valence-electron chi connectivity index (χ1n) is 17.5. The molecule has 0 saturated carbocycles. The molecular weight excluding hydrogens is 619 g/mol. The van der Waals surface area contributed by atoms with Gasteiger partial charge in [-0.2, -0.15) is 0 Å². The minimum atomic E-state index is 1.14. The van der Waals surface area contributed by atoms with E-state index in [1.807, 2.05) is 0 Å². The van der Waals surface area contributed by atoms with Crippen molar-refractivity contribution in [1.82, 2.24) is 13.7 Å². The van der Waals surface area contributed by atoms with E-state index >= 15 is 0 Å². The van der Waals surface area contributed by atoms with E-state index in [1.54, 1.807) is 0 Å². The molecule has 0 unspecified atom stereocenters. The van der Waals surface area contributed by atoms with Gasteiger partial charge in [0.1, 0.15) is 0 Å². The van der Waals surface area contributed by atoms with Crippen molar-refractivity contribution in [2.75, 3.05) is 0 Å². The van der Waals surface area contributed by atoms with Gasteiger partial charge in [-0.05, 0) is 83.9 Å². The van der Waals surface area contributed by atoms with Crippen LogP contribution in [0.5, 0.6) is 0 Å². The Morgan fingerprint density at radius 1 is 0.216 bits per heavy atom. The van der Waals surface area contributed by atoms with Gasteiger partial charge in [-0.3, -0.25) is 0 Å². The second-order valence-electron chi connectivity index (χ2n) is 13.4. The fourth-order valence-electron chi connectivity index (χ4n) is 8.41. The Morgan fingerprint density at radius 3 is 1.02 bits per heavy atom. The molecule has 0 fully saturated rings. The van der Waals surface area contributed by atoms with Crippen LogP contribution >= 0.6 is 0 Å². The van der Waals surface area contributed by atoms with E-state index in [9.17, 15) is 0 Å². The summed E-state index contributed by atoms with van der Waals surface area (Å²) in [5.74, 6) is 0. The monoisotopic (exact) mass is 649 g/mol. The predicted octanol–water partition coefficient (Wildman–Crippen LogP) is 12.6. The molecule has 51 heavy (non-hydrogen) atoms. The minimum Gasteiger partial charge on any atom is -0.309 e. The van der Waals surface area contributed by atoms with Crippen molar-refractivity contribution in [2.24, 2.45) is 0 Å². The number of benzene rings is 8. The summed E-state index contributed by atoms with van der Waals surface area (Å²) in [5.41, 5.74) is 13.1. The van der Waals surface area contributed by atoms with Crippen molar-refractivity contribution in [3.05, 3.63) is 188 Å². The SMILES string of the molecule is c1ccc(-c2cccc(-n3c4ccc(-n5c6ccccc6c6ccccc65)cc4c4cc(-n5c6ccccc6c6ccccc65)ccc43)c2)cc1. The quantitative estimate of drug-likeness (QED) is 0.180. The fourth-order valence-corrected chi connectivity index (χ4v) is 8.41. The number of hydrogen-bond acceptors (Lipinski definition) is 0. The van der Waals surface area contributed by atoms with Gasteiger partial charge in [-0.1, -0.05) is 115 Å². The molecule has 0 atom stereocenters. The molecule has 0 bridgehead atoms. The Bertz CT molecular complexity index is 2860. The lowest BCUT2D eigenvalue weighted by atomic mass is 10.1. The normalized spacial score (nSPS) is 11.9. The van der Waals surface area contributed by atoms with Gasteiger partial charge >= 0.3 is 0 Å². The molecule has 11 rings (SSSR count). The molecule has 0 N–H and O–H groups in total. The van der Waals surface area contributed by atoms with Crippen LogP contribution in [0, 0.1) is 0 Å². The first-order valence-corrected chi connectivity index (χ1v) is 17.5. The Kier molecular flexibility index (Phi) is 5.96. The number of hydrogen-bond donors (Lipinski definition) is 0. The van der Waals surface area contributed by atoms with Crippen molar-refractivity contribution < 1.29 is 0 Å². The van der Waals surface area contributed by atoms with Gasteiger partial charge in [-0.15, -0.1) is 0 Å². The lowest BCUT2D eigenvalue weighted by Crippen LogP contribution is -1.96. The zero-order valence-electron chi connectivity index (χ0n) is 27.7. The van der Waals surface area contributed by atoms with Gasteiger partial charge in [0, 0.05) is 49.4 Å². The number of nitrogens with zero attached hydrogens (tertiary/aromatic N) is 3. The maximum absolute atomic E-state index is 2.43. The lowest BCUT2D eigenvalue weighted by molar-refractivity contribution is 1.16. The molecule has 11 aromatic rings. The van der Waals surface area contributed by atoms with E-state index in [4.69, 9.17) is 0 Å². The van der Waals surface area contributed by atoms with Crippen molar-refractivity contribution in [1.29, 1.82) is 0 Å². The molecule has 0 aliphatic heterocycles. The Labute approximate surface area is 294 Å². The molecule has 0 spiro atoms. The van der Waals surface area contributed by atoms with Crippen LogP contribution in [-0.2, 0) is 0 Å². The van der Waals surface area contributed by atoms with Gasteiger partial charge in [0.25, 0.3) is 0 Å². The molecule has 3 nitrogen and oxygen atoms in total. The molecule has 238 valence electrons. The van der Waals surface area contributed by atoms with Crippen LogP contribution in [0.3, 0.4) is 0 Å². The second-order valence-corrected chi connectivity index (χ2v) is 13.4. The number of aromatic nitrogens is 3. The summed E-state index contributed by atoms with van der Waals surface area (Å²) < 4.78 is 7.27. The Hall–Kier alpha value is -6.84. The van der Waals surface area contributed by atoms with Gasteiger partial charge < -0.3 is 13.7 Å². The Balaban J connectivity index is 1.22. The van der Waals surface area contributed by atoms with E-state index in [0.717, 1.165) is 17.1 Å². The number of fused-ring (bicyclic) bond motifs is 9. The van der Waals surface area contributed by atoms with Crippen LogP contribution in [0.1, 0.15) is 0 Å². The predicted molar refractivity (Wildman–Crippen MR) is 215 cm³/mol. The molecule has 0 aliphatic rings. The molecular formula is C48H31N3. The summed E-state index contributed by atoms with van der Waals surface area (Å²) in [7, 11) is 0. The third-order valence-corrected chi connectivity index (χ3v) is 10.6. The smallest absolute Gasteiger partial charge is 0.0542 e. The number of rotatable bonds is 4. The summed E-state index contributed by atoms with van der Waals surface area (Å²) in [6.07, 6.45) is 0. The van der Waals surface area contributed by atoms with Crippen molar-refractivity contribution >= 4 is 65.4 Å². The topological polar surface area (TPSA) is 14.8 Å². The van der Waals surface area contributed by atoms with E-state index in [2.05, 4.69) is 202 Å². The van der Waals surface area contributed by atoms with E-state index in [1.165, 1.54) is 76.5 Å². The summed E-state index contributed by atoms with van der Waals surface area (Å²) >= 11 is 0. The largest absolute Gasteiger partial charge is 0.309 e. The molecule has 0 aliphatic carbocycles. The highest BCUT2D eigenvalue weighted by molar-refractivity contribution is 6.14. The standard InChI is InChI=1S/C48H31N3/c1-2-13-32(14-3-1)33-15-12-16-34(29-33)49-47-27-25-35(50-43-21-8-4-17-37(43)38-18-5-9-22-44(38)50)30-41(47)42-31-36(26-28-48(42)49)51-45-23-10-6-19-39(45)40-20-7-11-24-46(40)51/h1-31H. The van der Waals surface area contributed by atoms with E-state index in [0.29, 0.717) is 0 Å². The van der Waals surface area contributed by atoms with Crippen LogP contribution in [0.25, 0.3) is 93.6 Å². The highest BCUT2D eigenvalue weighted by atomic mass is 15.0. The molecule has 0 saturated heterocycles. The molecule has 3 heterocycles. The van der Waals surface area contributed by atoms with Gasteiger partial charge in [0.05, 0.1) is 33.1 Å². The Morgan fingerprint density at radius 2 is 0.569 bits per heavy atom. The summed E-state index contributed by atoms with van der Waals surface area (Å²) in [5, 5.41) is 7.50. The van der Waals surface area contributed by atoms with Crippen molar-refractivity contribution in [3.63, 3.8) is 0 Å². The maximum Gasteiger partial charge on any atom is 0.0542 e. The maximum atomic E-state index is 2.43. The van der Waals surface area contributed by atoms with Gasteiger partial charge in [0.2, 0.25) is 0 Å². The third-order valence-electron chi connectivity index (χ3n) is 10.6. The second kappa shape index (κ2) is 10.8. The van der Waals surface area contributed by atoms with Crippen LogP contribution < -0.4 is 0 Å². The summed E-state index contributed by atoms with van der Waals surface area (Å²) in [4.78, 5) is 0. The zero-order chi connectivity index (χ0) is 33.5. The molecule has 0 radical (unpaired) electrons. The molecule has 8 aromatic carbocycles. The minimum absolute atomic E-state index is 1.14. The number of para-hydroxylation sites is 4. The molecule has 3 heteroatoms. The first kappa shape index (κ1) is 28.0. The highest BCUT2D eigenvalue weighted by Crippen LogP contribution is 2.39. The average Bonchev–Trinajstić information content (AvgIpc) is 3.83. The summed E-state index contributed by atoms with van der Waals surface area (Å²) in [6, 6.07) is 68.5. The lowest BCUT2D eigenvalue weighted by Gasteiger charge is -2.12. The van der Waals surface area contributed by atoms with Gasteiger partial charge in [0.15, 0.2) is 0 Å². The third kappa shape index (κ3) is 4.12. The van der Waals surface area contributed by atoms with Crippen molar-refractivity contribution in [3.8, 4) is 28.2 Å². The van der Waals surface area contributed by atoms with Crippen LogP contribution in [-0.4, -0.2) is 13.7 Å². The molecule has 0 amide bonds. The van der Waals surface area contributed by atoms with Crippen LogP contribution in [0.4, 0.5) is 0 Å².